The summed E-state index contributed by atoms with van der Waals surface area (Å²) in [4.78, 5) is 10.9. The molecule has 1 unspecified atom stereocenters. The number of hydrogen-bond donors (Lipinski definition) is 2. The summed E-state index contributed by atoms with van der Waals surface area (Å²) in [6.45, 7) is 1.61. The van der Waals surface area contributed by atoms with Crippen LogP contribution in [0.2, 0.25) is 10.2 Å². The Labute approximate surface area is 89.9 Å². The standard InChI is InChI=1S/C8H7Cl2N3O/c1-3(14)7-11-5-2-4(9)6(10)12-8(5)13-7/h2-3,14H,1H3,(H,11,12,13). The van der Waals surface area contributed by atoms with Gasteiger partial charge in [0.15, 0.2) is 5.65 Å². The topological polar surface area (TPSA) is 61.8 Å². The average Bonchev–Trinajstić information content (AvgIpc) is 2.48. The van der Waals surface area contributed by atoms with Crippen LogP contribution in [0.15, 0.2) is 6.07 Å². The van der Waals surface area contributed by atoms with Crippen molar-refractivity contribution in [2.45, 2.75) is 13.0 Å². The molecule has 2 aromatic rings. The van der Waals surface area contributed by atoms with E-state index in [-0.39, 0.29) is 5.15 Å². The van der Waals surface area contributed by atoms with Gasteiger partial charge in [-0.15, -0.1) is 0 Å². The first kappa shape index (κ1) is 9.71. The SMILES string of the molecule is CC(O)c1nc2nc(Cl)c(Cl)cc2[nH]1. The molecular formula is C8H7Cl2N3O. The Bertz CT molecular complexity index is 442. The zero-order valence-electron chi connectivity index (χ0n) is 7.25. The lowest BCUT2D eigenvalue weighted by molar-refractivity contribution is 0.190. The Morgan fingerprint density at radius 1 is 1.43 bits per heavy atom. The average molecular weight is 232 g/mol. The van der Waals surface area contributed by atoms with Crippen LogP contribution >= 0.6 is 23.2 Å². The Morgan fingerprint density at radius 2 is 2.14 bits per heavy atom. The number of nitrogens with one attached hydrogen (secondary N) is 1. The lowest BCUT2D eigenvalue weighted by atomic mass is 10.4. The van der Waals surface area contributed by atoms with Crippen molar-refractivity contribution in [2.75, 3.05) is 0 Å². The summed E-state index contributed by atoms with van der Waals surface area (Å²) in [7, 11) is 0. The van der Waals surface area contributed by atoms with Crippen molar-refractivity contribution < 1.29 is 5.11 Å². The minimum atomic E-state index is -0.665. The first-order chi connectivity index (χ1) is 6.58. The van der Waals surface area contributed by atoms with Gasteiger partial charge in [0.05, 0.1) is 10.5 Å². The number of pyridine rings is 1. The third kappa shape index (κ3) is 1.56. The van der Waals surface area contributed by atoms with E-state index in [9.17, 15) is 5.11 Å². The lowest BCUT2D eigenvalue weighted by Crippen LogP contribution is -1.92. The van der Waals surface area contributed by atoms with E-state index in [0.29, 0.717) is 22.0 Å². The van der Waals surface area contributed by atoms with Crippen LogP contribution in [-0.4, -0.2) is 20.1 Å². The highest BCUT2D eigenvalue weighted by atomic mass is 35.5. The number of aromatic nitrogens is 3. The number of aromatic amines is 1. The van der Waals surface area contributed by atoms with E-state index in [1.807, 2.05) is 0 Å². The molecule has 0 amide bonds. The van der Waals surface area contributed by atoms with Crippen LogP contribution < -0.4 is 0 Å². The summed E-state index contributed by atoms with van der Waals surface area (Å²) in [6.07, 6.45) is -0.665. The van der Waals surface area contributed by atoms with Gasteiger partial charge in [-0.3, -0.25) is 0 Å². The van der Waals surface area contributed by atoms with Crippen molar-refractivity contribution in [3.8, 4) is 0 Å². The Balaban J connectivity index is 2.66. The molecule has 2 rings (SSSR count). The van der Waals surface area contributed by atoms with Crippen molar-refractivity contribution >= 4 is 34.4 Å². The molecule has 0 fully saturated rings. The lowest BCUT2D eigenvalue weighted by Gasteiger charge is -1.94. The van der Waals surface area contributed by atoms with Crippen LogP contribution in [-0.2, 0) is 0 Å². The first-order valence-electron chi connectivity index (χ1n) is 3.97. The molecule has 0 aliphatic heterocycles. The molecule has 0 saturated heterocycles. The molecule has 6 heteroatoms. The summed E-state index contributed by atoms with van der Waals surface area (Å²) in [5, 5.41) is 9.85. The van der Waals surface area contributed by atoms with Crippen molar-refractivity contribution in [3.05, 3.63) is 22.1 Å². The zero-order valence-corrected chi connectivity index (χ0v) is 8.76. The third-order valence-corrected chi connectivity index (χ3v) is 2.47. The van der Waals surface area contributed by atoms with Crippen molar-refractivity contribution in [2.24, 2.45) is 0 Å². The number of nitrogens with zero attached hydrogens (tertiary/aromatic N) is 2. The van der Waals surface area contributed by atoms with E-state index in [1.165, 1.54) is 0 Å². The fourth-order valence-corrected chi connectivity index (χ4v) is 1.40. The normalized spacial score (nSPS) is 13.4. The van der Waals surface area contributed by atoms with Crippen LogP contribution in [0.1, 0.15) is 18.9 Å². The van der Waals surface area contributed by atoms with E-state index >= 15 is 0 Å². The van der Waals surface area contributed by atoms with Gasteiger partial charge in [-0.1, -0.05) is 23.2 Å². The number of halogens is 2. The highest BCUT2D eigenvalue weighted by Crippen LogP contribution is 2.24. The molecule has 1 atom stereocenters. The van der Waals surface area contributed by atoms with Gasteiger partial charge in [0, 0.05) is 0 Å². The van der Waals surface area contributed by atoms with Crippen molar-refractivity contribution in [1.82, 2.24) is 15.0 Å². The molecule has 2 aromatic heterocycles. The summed E-state index contributed by atoms with van der Waals surface area (Å²) < 4.78 is 0. The molecule has 2 N–H and O–H groups in total. The van der Waals surface area contributed by atoms with E-state index < -0.39 is 6.10 Å². The van der Waals surface area contributed by atoms with Crippen molar-refractivity contribution in [3.63, 3.8) is 0 Å². The van der Waals surface area contributed by atoms with E-state index in [4.69, 9.17) is 23.2 Å². The maximum Gasteiger partial charge on any atom is 0.179 e. The molecule has 0 bridgehead atoms. The number of aliphatic hydroxyl groups excluding tert-OH is 1. The van der Waals surface area contributed by atoms with Crippen molar-refractivity contribution in [1.29, 1.82) is 0 Å². The molecule has 4 nitrogen and oxygen atoms in total. The van der Waals surface area contributed by atoms with Gasteiger partial charge in [0.25, 0.3) is 0 Å². The molecule has 74 valence electrons. The van der Waals surface area contributed by atoms with Gasteiger partial charge in [-0.25, -0.2) is 9.97 Å². The molecule has 0 saturated carbocycles. The van der Waals surface area contributed by atoms with Crippen LogP contribution in [0, 0.1) is 0 Å². The van der Waals surface area contributed by atoms with Gasteiger partial charge >= 0.3 is 0 Å². The second-order valence-electron chi connectivity index (χ2n) is 2.93. The fourth-order valence-electron chi connectivity index (χ4n) is 1.11. The zero-order chi connectivity index (χ0) is 10.3. The summed E-state index contributed by atoms with van der Waals surface area (Å²) >= 11 is 11.5. The number of fused-ring (bicyclic) bond motifs is 1. The molecular weight excluding hydrogens is 225 g/mol. The number of aliphatic hydroxyl groups is 1. The number of H-pyrrole nitrogens is 1. The summed E-state index contributed by atoms with van der Waals surface area (Å²) in [6, 6.07) is 1.63. The van der Waals surface area contributed by atoms with Gasteiger partial charge in [0.2, 0.25) is 0 Å². The van der Waals surface area contributed by atoms with Crippen LogP contribution in [0.5, 0.6) is 0 Å². The fraction of sp³-hybridized carbons (Fsp3) is 0.250. The van der Waals surface area contributed by atoms with Gasteiger partial charge < -0.3 is 10.1 Å². The van der Waals surface area contributed by atoms with Crippen LogP contribution in [0.4, 0.5) is 0 Å². The number of rotatable bonds is 1. The minimum Gasteiger partial charge on any atom is -0.385 e. The Kier molecular flexibility index (Phi) is 2.34. The molecule has 0 aliphatic carbocycles. The quantitative estimate of drug-likeness (QED) is 0.741. The molecule has 0 aromatic carbocycles. The number of imidazole rings is 1. The van der Waals surface area contributed by atoms with E-state index in [0.717, 1.165) is 0 Å². The predicted molar refractivity (Wildman–Crippen MR) is 54.5 cm³/mol. The second-order valence-corrected chi connectivity index (χ2v) is 3.70. The maximum atomic E-state index is 9.28. The monoisotopic (exact) mass is 231 g/mol. The minimum absolute atomic E-state index is 0.211. The van der Waals surface area contributed by atoms with Gasteiger partial charge in [-0.2, -0.15) is 0 Å². The summed E-state index contributed by atoms with van der Waals surface area (Å²) in [5.74, 6) is 0.450. The van der Waals surface area contributed by atoms with Crippen LogP contribution in [0.3, 0.4) is 0 Å². The highest BCUT2D eigenvalue weighted by Gasteiger charge is 2.10. The van der Waals surface area contributed by atoms with Crippen LogP contribution in [0.25, 0.3) is 11.2 Å². The Hall–Kier alpha value is -0.840. The van der Waals surface area contributed by atoms with E-state index in [2.05, 4.69) is 15.0 Å². The maximum absolute atomic E-state index is 9.28. The third-order valence-electron chi connectivity index (χ3n) is 1.80. The molecule has 0 spiro atoms. The molecule has 0 aliphatic rings. The molecule has 2 heterocycles. The molecule has 14 heavy (non-hydrogen) atoms. The van der Waals surface area contributed by atoms with Gasteiger partial charge in [0.1, 0.15) is 17.1 Å². The van der Waals surface area contributed by atoms with Gasteiger partial charge in [-0.05, 0) is 13.0 Å². The first-order valence-corrected chi connectivity index (χ1v) is 4.73. The summed E-state index contributed by atoms with van der Waals surface area (Å²) in [5.41, 5.74) is 1.12. The van der Waals surface area contributed by atoms with E-state index in [1.54, 1.807) is 13.0 Å². The Morgan fingerprint density at radius 3 is 2.79 bits per heavy atom. The second kappa shape index (κ2) is 3.38. The number of hydrogen-bond acceptors (Lipinski definition) is 3. The predicted octanol–water partition coefficient (Wildman–Crippen LogP) is 2.32. The molecule has 0 radical (unpaired) electrons. The largest absolute Gasteiger partial charge is 0.385 e. The smallest absolute Gasteiger partial charge is 0.179 e. The highest BCUT2D eigenvalue weighted by molar-refractivity contribution is 6.41.